The van der Waals surface area contributed by atoms with Crippen molar-refractivity contribution >= 4 is 11.8 Å². The predicted octanol–water partition coefficient (Wildman–Crippen LogP) is -3.05. The molecule has 1 aromatic heterocycles. The maximum Gasteiger partial charge on any atom is 0.346 e. The van der Waals surface area contributed by atoms with E-state index in [4.69, 9.17) is 10.8 Å². The summed E-state index contributed by atoms with van der Waals surface area (Å²) in [6, 6.07) is 3.56. The molecule has 0 bridgehead atoms. The minimum atomic E-state index is -0.893. The number of carbonyl (C=O) groups is 1. The van der Waals surface area contributed by atoms with Crippen LogP contribution in [0.5, 0.6) is 0 Å². The fraction of sp³-hybridized carbons (Fsp3) is 0.250. The van der Waals surface area contributed by atoms with Gasteiger partial charge in [-0.15, -0.1) is 0 Å². The average Bonchev–Trinajstić information content (AvgIpc) is 1.94. The van der Waals surface area contributed by atoms with Crippen LogP contribution in [0, 0.1) is 6.92 Å². The van der Waals surface area contributed by atoms with E-state index < -0.39 is 5.97 Å². The molecule has 0 aromatic carbocycles. The van der Waals surface area contributed by atoms with Gasteiger partial charge in [0.25, 0.3) is 5.82 Å². The molecule has 0 radical (unpaired) electrons. The van der Waals surface area contributed by atoms with Gasteiger partial charge in [0.15, 0.2) is 6.54 Å². The van der Waals surface area contributed by atoms with Crippen molar-refractivity contribution in [3.63, 3.8) is 0 Å². The highest BCUT2D eigenvalue weighted by Crippen LogP contribution is 1.98. The molecule has 72 valence electrons. The van der Waals surface area contributed by atoms with Crippen LogP contribution < -0.4 is 22.7 Å². The van der Waals surface area contributed by atoms with Crippen molar-refractivity contribution in [3.05, 3.63) is 23.9 Å². The maximum atomic E-state index is 10.3. The third-order valence-electron chi connectivity index (χ3n) is 1.53. The molecule has 1 rings (SSSR count). The molecule has 0 saturated carbocycles. The van der Waals surface area contributed by atoms with Gasteiger partial charge in [-0.3, -0.25) is 5.73 Å². The Bertz CT molecular complexity index is 315. The Balaban J connectivity index is 0.00000144. The van der Waals surface area contributed by atoms with Gasteiger partial charge < -0.3 is 17.5 Å². The minimum absolute atomic E-state index is 0. The number of hydrogen-bond acceptors (Lipinski definition) is 2. The molecule has 13 heavy (non-hydrogen) atoms. The quantitative estimate of drug-likeness (QED) is 0.501. The number of halogens is 1. The highest BCUT2D eigenvalue weighted by Gasteiger charge is 2.07. The maximum absolute atomic E-state index is 10.3. The van der Waals surface area contributed by atoms with E-state index in [2.05, 4.69) is 0 Å². The SMILES string of the molecule is Cc1cc[n+](CC(=O)O)c(N)c1.[Cl-]. The van der Waals surface area contributed by atoms with Gasteiger partial charge >= 0.3 is 5.97 Å². The second-order valence-electron chi connectivity index (χ2n) is 2.65. The lowest BCUT2D eigenvalue weighted by Crippen LogP contribution is -3.00. The Morgan fingerprint density at radius 3 is 2.77 bits per heavy atom. The van der Waals surface area contributed by atoms with Crippen LogP contribution in [0.2, 0.25) is 0 Å². The number of aliphatic carboxylic acids is 1. The normalized spacial score (nSPS) is 9.00. The summed E-state index contributed by atoms with van der Waals surface area (Å²) in [5.74, 6) is -0.423. The fourth-order valence-electron chi connectivity index (χ4n) is 0.948. The molecule has 0 unspecified atom stereocenters. The third kappa shape index (κ3) is 3.29. The third-order valence-corrected chi connectivity index (χ3v) is 1.53. The molecule has 0 aliphatic carbocycles. The van der Waals surface area contributed by atoms with E-state index in [-0.39, 0.29) is 19.0 Å². The summed E-state index contributed by atoms with van der Waals surface area (Å²) in [5.41, 5.74) is 6.59. The van der Waals surface area contributed by atoms with E-state index in [1.54, 1.807) is 12.3 Å². The van der Waals surface area contributed by atoms with E-state index in [1.165, 1.54) is 4.57 Å². The number of nitrogens with zero attached hydrogens (tertiary/aromatic N) is 1. The molecule has 0 amide bonds. The zero-order chi connectivity index (χ0) is 9.14. The topological polar surface area (TPSA) is 67.2 Å². The molecule has 4 nitrogen and oxygen atoms in total. The Morgan fingerprint density at radius 1 is 1.69 bits per heavy atom. The molecule has 0 spiro atoms. The number of nitrogens with two attached hydrogens (primary N) is 1. The lowest BCUT2D eigenvalue weighted by Gasteiger charge is -1.99. The van der Waals surface area contributed by atoms with Crippen LogP contribution in [-0.4, -0.2) is 11.1 Å². The van der Waals surface area contributed by atoms with Crippen molar-refractivity contribution in [2.75, 3.05) is 5.73 Å². The van der Waals surface area contributed by atoms with Crippen molar-refractivity contribution < 1.29 is 26.9 Å². The van der Waals surface area contributed by atoms with Gasteiger partial charge in [0.2, 0.25) is 0 Å². The number of hydrogen-bond donors (Lipinski definition) is 2. The van der Waals surface area contributed by atoms with E-state index >= 15 is 0 Å². The van der Waals surface area contributed by atoms with Crippen molar-refractivity contribution in [3.8, 4) is 0 Å². The lowest BCUT2D eigenvalue weighted by atomic mass is 10.3. The van der Waals surface area contributed by atoms with Gasteiger partial charge in [0.1, 0.15) is 0 Å². The molecule has 1 heterocycles. The molecule has 5 heteroatoms. The molecule has 0 aliphatic heterocycles. The van der Waals surface area contributed by atoms with Gasteiger partial charge in [-0.05, 0) is 18.6 Å². The van der Waals surface area contributed by atoms with Gasteiger partial charge in [-0.25, -0.2) is 9.36 Å². The first-order chi connectivity index (χ1) is 5.59. The zero-order valence-corrected chi connectivity index (χ0v) is 7.95. The van der Waals surface area contributed by atoms with Gasteiger partial charge in [0.05, 0.1) is 6.20 Å². The van der Waals surface area contributed by atoms with Crippen LogP contribution >= 0.6 is 0 Å². The number of carboxylic acid groups (broad SMARTS) is 1. The van der Waals surface area contributed by atoms with E-state index in [1.807, 2.05) is 13.0 Å². The number of pyridine rings is 1. The summed E-state index contributed by atoms with van der Waals surface area (Å²) in [6.45, 7) is 1.81. The Hall–Kier alpha value is -1.29. The van der Waals surface area contributed by atoms with E-state index in [0.717, 1.165) is 5.56 Å². The summed E-state index contributed by atoms with van der Waals surface area (Å²) < 4.78 is 1.48. The summed E-state index contributed by atoms with van der Waals surface area (Å²) in [6.07, 6.45) is 1.67. The van der Waals surface area contributed by atoms with Crippen molar-refractivity contribution in [1.82, 2.24) is 0 Å². The van der Waals surface area contributed by atoms with Crippen LogP contribution in [0.15, 0.2) is 18.3 Å². The molecular weight excluding hydrogens is 192 g/mol. The Morgan fingerprint density at radius 2 is 2.31 bits per heavy atom. The van der Waals surface area contributed by atoms with Gasteiger partial charge in [-0.2, -0.15) is 0 Å². The number of anilines is 1. The van der Waals surface area contributed by atoms with Crippen molar-refractivity contribution in [2.45, 2.75) is 13.5 Å². The standard InChI is InChI=1S/C8H10N2O2.ClH/c1-6-2-3-10(5-8(11)12)7(9)4-6;/h2-4,9H,5H2,1H3,(H,11,12);1H. The van der Waals surface area contributed by atoms with E-state index in [9.17, 15) is 4.79 Å². The van der Waals surface area contributed by atoms with E-state index in [0.29, 0.717) is 5.82 Å². The number of aromatic nitrogens is 1. The minimum Gasteiger partial charge on any atom is -1.00 e. The highest BCUT2D eigenvalue weighted by molar-refractivity contribution is 5.65. The summed E-state index contributed by atoms with van der Waals surface area (Å²) in [5, 5.41) is 8.48. The first-order valence-electron chi connectivity index (χ1n) is 3.57. The highest BCUT2D eigenvalue weighted by atomic mass is 35.5. The van der Waals surface area contributed by atoms with Gasteiger partial charge in [-0.1, -0.05) is 0 Å². The summed E-state index contributed by atoms with van der Waals surface area (Å²) in [7, 11) is 0. The molecule has 0 saturated heterocycles. The molecule has 0 aliphatic rings. The summed E-state index contributed by atoms with van der Waals surface area (Å²) >= 11 is 0. The van der Waals surface area contributed by atoms with Crippen LogP contribution in [0.25, 0.3) is 0 Å². The molecule has 0 fully saturated rings. The number of carboxylic acids is 1. The van der Waals surface area contributed by atoms with Crippen LogP contribution in [0.4, 0.5) is 5.82 Å². The predicted molar refractivity (Wildman–Crippen MR) is 43.4 cm³/mol. The Labute approximate surface area is 82.4 Å². The summed E-state index contributed by atoms with van der Waals surface area (Å²) in [4.78, 5) is 10.3. The van der Waals surface area contributed by atoms with Crippen LogP contribution in [0.1, 0.15) is 5.56 Å². The van der Waals surface area contributed by atoms with Crippen molar-refractivity contribution in [1.29, 1.82) is 0 Å². The zero-order valence-electron chi connectivity index (χ0n) is 7.20. The lowest BCUT2D eigenvalue weighted by molar-refractivity contribution is -0.671. The monoisotopic (exact) mass is 202 g/mol. The second kappa shape index (κ2) is 4.67. The molecule has 0 atom stereocenters. The first kappa shape index (κ1) is 11.7. The smallest absolute Gasteiger partial charge is 0.346 e. The fourth-order valence-corrected chi connectivity index (χ4v) is 0.948. The molecular formula is C8H11ClN2O2. The van der Waals surface area contributed by atoms with Gasteiger partial charge in [0, 0.05) is 6.07 Å². The number of rotatable bonds is 2. The average molecular weight is 203 g/mol. The first-order valence-corrected chi connectivity index (χ1v) is 3.57. The van der Waals surface area contributed by atoms with Crippen molar-refractivity contribution in [2.24, 2.45) is 0 Å². The largest absolute Gasteiger partial charge is 1.00 e. The van der Waals surface area contributed by atoms with Crippen LogP contribution in [0.3, 0.4) is 0 Å². The molecule has 3 N–H and O–H groups in total. The van der Waals surface area contributed by atoms with Crippen LogP contribution in [-0.2, 0) is 11.3 Å². The number of aryl methyl sites for hydroxylation is 1. The molecule has 1 aromatic rings. The second-order valence-corrected chi connectivity index (χ2v) is 2.65. The Kier molecular flexibility index (Phi) is 4.20. The number of nitrogen functional groups attached to an aromatic ring is 1.